The summed E-state index contributed by atoms with van der Waals surface area (Å²) >= 11 is 0. The van der Waals surface area contributed by atoms with Gasteiger partial charge in [0.15, 0.2) is 0 Å². The Bertz CT molecular complexity index is 666. The van der Waals surface area contributed by atoms with E-state index in [1.165, 1.54) is 24.6 Å². The fourth-order valence-electron chi connectivity index (χ4n) is 2.72. The molecule has 0 radical (unpaired) electrons. The van der Waals surface area contributed by atoms with Gasteiger partial charge in [-0.15, -0.1) is 0 Å². The molecular weight excluding hydrogens is 293 g/mol. The topological polar surface area (TPSA) is 44.4 Å². The van der Waals surface area contributed by atoms with Crippen molar-refractivity contribution in [3.05, 3.63) is 59.9 Å². The molecule has 120 valence electrons. The zero-order valence-corrected chi connectivity index (χ0v) is 12.9. The van der Waals surface area contributed by atoms with Crippen LogP contribution < -0.4 is 15.5 Å². The van der Waals surface area contributed by atoms with Gasteiger partial charge in [0.25, 0.3) is 0 Å². The maximum atomic E-state index is 13.5. The molecule has 23 heavy (non-hydrogen) atoms. The van der Waals surface area contributed by atoms with Gasteiger partial charge in [0, 0.05) is 36.6 Å². The predicted molar refractivity (Wildman–Crippen MR) is 90.1 cm³/mol. The van der Waals surface area contributed by atoms with Crippen LogP contribution in [0.25, 0.3) is 0 Å². The van der Waals surface area contributed by atoms with Gasteiger partial charge in [-0.3, -0.25) is 0 Å². The molecule has 0 saturated carbocycles. The Balaban J connectivity index is 1.52. The fourth-order valence-corrected chi connectivity index (χ4v) is 2.72. The van der Waals surface area contributed by atoms with Crippen LogP contribution in [0.15, 0.2) is 48.5 Å². The van der Waals surface area contributed by atoms with E-state index in [0.717, 1.165) is 18.8 Å². The first-order valence-electron chi connectivity index (χ1n) is 7.85. The van der Waals surface area contributed by atoms with Crippen molar-refractivity contribution < 1.29 is 9.18 Å². The predicted octanol–water partition coefficient (Wildman–Crippen LogP) is 3.75. The molecule has 1 heterocycles. The van der Waals surface area contributed by atoms with Crippen molar-refractivity contribution in [2.75, 3.05) is 23.3 Å². The van der Waals surface area contributed by atoms with Crippen molar-refractivity contribution >= 4 is 17.4 Å². The molecule has 0 aliphatic carbocycles. The standard InChI is InChI=1S/C18H20FN3O/c19-17-6-2-1-5-14(17)13-20-18(23)21-15-7-9-16(10-8-15)22-11-3-4-12-22/h1-2,5-10H,3-4,11-13H2,(H2,20,21,23). The Morgan fingerprint density at radius 1 is 1.04 bits per heavy atom. The number of benzene rings is 2. The van der Waals surface area contributed by atoms with Gasteiger partial charge in [0.1, 0.15) is 5.82 Å². The number of hydrogen-bond donors (Lipinski definition) is 2. The molecule has 2 N–H and O–H groups in total. The van der Waals surface area contributed by atoms with Crippen LogP contribution in [0.4, 0.5) is 20.6 Å². The first kappa shape index (κ1) is 15.3. The Morgan fingerprint density at radius 2 is 1.74 bits per heavy atom. The molecule has 1 aliphatic heterocycles. The largest absolute Gasteiger partial charge is 0.372 e. The third-order valence-corrected chi connectivity index (χ3v) is 3.99. The second-order valence-corrected chi connectivity index (χ2v) is 5.64. The monoisotopic (exact) mass is 313 g/mol. The van der Waals surface area contributed by atoms with Crippen molar-refractivity contribution in [1.82, 2.24) is 5.32 Å². The highest BCUT2D eigenvalue weighted by Gasteiger charge is 2.12. The Morgan fingerprint density at radius 3 is 2.43 bits per heavy atom. The summed E-state index contributed by atoms with van der Waals surface area (Å²) < 4.78 is 13.5. The summed E-state index contributed by atoms with van der Waals surface area (Å²) in [6.07, 6.45) is 2.47. The van der Waals surface area contributed by atoms with Crippen LogP contribution in [-0.2, 0) is 6.54 Å². The summed E-state index contributed by atoms with van der Waals surface area (Å²) in [6, 6.07) is 13.9. The number of nitrogens with one attached hydrogen (secondary N) is 2. The number of nitrogens with zero attached hydrogens (tertiary/aromatic N) is 1. The van der Waals surface area contributed by atoms with Crippen molar-refractivity contribution in [3.63, 3.8) is 0 Å². The molecule has 1 fully saturated rings. The van der Waals surface area contributed by atoms with Gasteiger partial charge < -0.3 is 15.5 Å². The lowest BCUT2D eigenvalue weighted by atomic mass is 10.2. The van der Waals surface area contributed by atoms with Gasteiger partial charge in [0.2, 0.25) is 0 Å². The number of halogens is 1. The van der Waals surface area contributed by atoms with E-state index in [2.05, 4.69) is 15.5 Å². The van der Waals surface area contributed by atoms with E-state index in [0.29, 0.717) is 5.56 Å². The summed E-state index contributed by atoms with van der Waals surface area (Å²) in [6.45, 7) is 2.34. The number of hydrogen-bond acceptors (Lipinski definition) is 2. The second-order valence-electron chi connectivity index (χ2n) is 5.64. The molecule has 0 spiro atoms. The SMILES string of the molecule is O=C(NCc1ccccc1F)Nc1ccc(N2CCCC2)cc1. The van der Waals surface area contributed by atoms with Gasteiger partial charge in [-0.05, 0) is 43.2 Å². The minimum absolute atomic E-state index is 0.157. The third kappa shape index (κ3) is 4.00. The van der Waals surface area contributed by atoms with Crippen LogP contribution in [-0.4, -0.2) is 19.1 Å². The number of urea groups is 1. The first-order valence-corrected chi connectivity index (χ1v) is 7.85. The maximum absolute atomic E-state index is 13.5. The number of carbonyl (C=O) groups excluding carboxylic acids is 1. The average Bonchev–Trinajstić information content (AvgIpc) is 3.09. The van der Waals surface area contributed by atoms with Crippen LogP contribution in [0.2, 0.25) is 0 Å². The molecular formula is C18H20FN3O. The van der Waals surface area contributed by atoms with Gasteiger partial charge in [0.05, 0.1) is 0 Å². The van der Waals surface area contributed by atoms with Gasteiger partial charge in [-0.25, -0.2) is 9.18 Å². The van der Waals surface area contributed by atoms with E-state index < -0.39 is 0 Å². The second kappa shape index (κ2) is 7.13. The quantitative estimate of drug-likeness (QED) is 0.903. The Kier molecular flexibility index (Phi) is 4.76. The number of carbonyl (C=O) groups is 1. The number of amides is 2. The highest BCUT2D eigenvalue weighted by atomic mass is 19.1. The third-order valence-electron chi connectivity index (χ3n) is 3.99. The van der Waals surface area contributed by atoms with Crippen molar-refractivity contribution in [3.8, 4) is 0 Å². The summed E-state index contributed by atoms with van der Waals surface area (Å²) in [5.74, 6) is -0.317. The highest BCUT2D eigenvalue weighted by molar-refractivity contribution is 5.89. The van der Waals surface area contributed by atoms with Crippen LogP contribution >= 0.6 is 0 Å². The van der Waals surface area contributed by atoms with Gasteiger partial charge in [-0.2, -0.15) is 0 Å². The molecule has 0 bridgehead atoms. The summed E-state index contributed by atoms with van der Waals surface area (Å²) in [5.41, 5.74) is 2.37. The Hall–Kier alpha value is -2.56. The van der Waals surface area contributed by atoms with E-state index in [1.54, 1.807) is 18.2 Å². The molecule has 1 saturated heterocycles. The number of rotatable bonds is 4. The Labute approximate surface area is 135 Å². The van der Waals surface area contributed by atoms with Gasteiger partial charge >= 0.3 is 6.03 Å². The van der Waals surface area contributed by atoms with E-state index >= 15 is 0 Å². The van der Waals surface area contributed by atoms with Crippen molar-refractivity contribution in [2.45, 2.75) is 19.4 Å². The molecule has 2 aromatic carbocycles. The molecule has 2 amide bonds. The molecule has 0 atom stereocenters. The van der Waals surface area contributed by atoms with Gasteiger partial charge in [-0.1, -0.05) is 18.2 Å². The van der Waals surface area contributed by atoms with Crippen LogP contribution in [0.1, 0.15) is 18.4 Å². The van der Waals surface area contributed by atoms with E-state index in [-0.39, 0.29) is 18.4 Å². The van der Waals surface area contributed by atoms with Crippen molar-refractivity contribution in [1.29, 1.82) is 0 Å². The zero-order valence-electron chi connectivity index (χ0n) is 12.9. The lowest BCUT2D eigenvalue weighted by molar-refractivity contribution is 0.251. The van der Waals surface area contributed by atoms with Crippen LogP contribution in [0, 0.1) is 5.82 Å². The summed E-state index contributed by atoms with van der Waals surface area (Å²) in [4.78, 5) is 14.2. The normalized spacial score (nSPS) is 13.9. The molecule has 4 nitrogen and oxygen atoms in total. The zero-order chi connectivity index (χ0) is 16.1. The highest BCUT2D eigenvalue weighted by Crippen LogP contribution is 2.21. The number of anilines is 2. The van der Waals surface area contributed by atoms with Crippen molar-refractivity contribution in [2.24, 2.45) is 0 Å². The molecule has 3 rings (SSSR count). The lowest BCUT2D eigenvalue weighted by Gasteiger charge is -2.17. The van der Waals surface area contributed by atoms with E-state index in [9.17, 15) is 9.18 Å². The lowest BCUT2D eigenvalue weighted by Crippen LogP contribution is -2.28. The first-order chi connectivity index (χ1) is 11.2. The average molecular weight is 313 g/mol. The van der Waals surface area contributed by atoms with E-state index in [1.807, 2.05) is 24.3 Å². The molecule has 0 aromatic heterocycles. The molecule has 1 aliphatic rings. The summed E-state index contributed by atoms with van der Waals surface area (Å²) in [7, 11) is 0. The molecule has 2 aromatic rings. The molecule has 5 heteroatoms. The van der Waals surface area contributed by atoms with E-state index in [4.69, 9.17) is 0 Å². The minimum atomic E-state index is -0.345. The molecule has 0 unspecified atom stereocenters. The summed E-state index contributed by atoms with van der Waals surface area (Å²) in [5, 5.41) is 5.42. The van der Waals surface area contributed by atoms with Crippen LogP contribution in [0.5, 0.6) is 0 Å². The fraction of sp³-hybridized carbons (Fsp3) is 0.278. The minimum Gasteiger partial charge on any atom is -0.372 e. The smallest absolute Gasteiger partial charge is 0.319 e. The maximum Gasteiger partial charge on any atom is 0.319 e. The van der Waals surface area contributed by atoms with Crippen LogP contribution in [0.3, 0.4) is 0 Å².